The van der Waals surface area contributed by atoms with Crippen LogP contribution < -0.4 is 21.3 Å². The molecule has 5 atom stereocenters. The Morgan fingerprint density at radius 3 is 2.02 bits per heavy atom. The number of nitrogens with zero attached hydrogens (tertiary/aromatic N) is 1. The van der Waals surface area contributed by atoms with Crippen LogP contribution in [0.15, 0.2) is 30.3 Å². The molecule has 0 bridgehead atoms. The highest BCUT2D eigenvalue weighted by molar-refractivity contribution is 6.38. The molecule has 14 heteroatoms. The van der Waals surface area contributed by atoms with E-state index < -0.39 is 72.2 Å². The van der Waals surface area contributed by atoms with Crippen LogP contribution in [0.25, 0.3) is 0 Å². The molecule has 0 spiro atoms. The molecule has 5 amide bonds. The third-order valence-corrected chi connectivity index (χ3v) is 10.9. The summed E-state index contributed by atoms with van der Waals surface area (Å²) in [5.41, 5.74) is 0.941. The number of benzene rings is 1. The molecule has 3 fully saturated rings. The van der Waals surface area contributed by atoms with Crippen molar-refractivity contribution in [3.8, 4) is 0 Å². The lowest BCUT2D eigenvalue weighted by Crippen LogP contribution is -2.58. The molecule has 5 N–H and O–H groups in total. The number of nitrogens with one attached hydrogen (secondary N) is 4. The number of carboxylic acid groups (broad SMARTS) is 1. The predicted octanol–water partition coefficient (Wildman–Crippen LogP) is 3.82. The van der Waals surface area contributed by atoms with Crippen LogP contribution >= 0.6 is 0 Å². The van der Waals surface area contributed by atoms with Crippen molar-refractivity contribution in [3.05, 3.63) is 35.9 Å². The van der Waals surface area contributed by atoms with E-state index in [1.165, 1.54) is 4.90 Å². The van der Waals surface area contributed by atoms with Gasteiger partial charge in [-0.3, -0.25) is 24.0 Å². The van der Waals surface area contributed by atoms with Gasteiger partial charge in [0.05, 0.1) is 19.2 Å². The van der Waals surface area contributed by atoms with Crippen molar-refractivity contribution in [2.75, 3.05) is 19.7 Å². The van der Waals surface area contributed by atoms with Crippen LogP contribution in [0.4, 0.5) is 4.79 Å². The zero-order valence-corrected chi connectivity index (χ0v) is 32.0. The van der Waals surface area contributed by atoms with Gasteiger partial charge < -0.3 is 36.0 Å². The second kappa shape index (κ2) is 20.8. The van der Waals surface area contributed by atoms with Crippen molar-refractivity contribution in [3.63, 3.8) is 0 Å². The first kappa shape index (κ1) is 42.3. The van der Waals surface area contributed by atoms with Crippen LogP contribution in [-0.2, 0) is 33.5 Å². The number of carbonyl (C=O) groups is 7. The van der Waals surface area contributed by atoms with Crippen molar-refractivity contribution in [1.29, 1.82) is 0 Å². The number of hydrogen-bond acceptors (Lipinski definition) is 8. The predicted molar refractivity (Wildman–Crippen MR) is 200 cm³/mol. The fraction of sp³-hybridized carbons (Fsp3) is 0.675. The first-order chi connectivity index (χ1) is 25.9. The third-order valence-electron chi connectivity index (χ3n) is 10.9. The van der Waals surface area contributed by atoms with Gasteiger partial charge in [0.25, 0.3) is 5.91 Å². The Morgan fingerprint density at radius 1 is 0.833 bits per heavy atom. The van der Waals surface area contributed by atoms with Gasteiger partial charge in [0.2, 0.25) is 23.5 Å². The molecule has 2 aliphatic carbocycles. The summed E-state index contributed by atoms with van der Waals surface area (Å²) in [5.74, 6) is -5.35. The monoisotopic (exact) mass is 753 g/mol. The van der Waals surface area contributed by atoms with Crippen molar-refractivity contribution in [1.82, 2.24) is 26.2 Å². The number of ketones is 1. The largest absolute Gasteiger partial charge is 0.480 e. The SMILES string of the molecule is CCCC(NC(=O)[C@@H]1C[C@@H](c2ccccc2)CN1C(=O)[C@@H](NC(=O)OCC(C)C)C1CCCCC1)C(=O)C(=O)NCC(=O)NC(C(=O)O)C1CCCCC1. The summed E-state index contributed by atoms with van der Waals surface area (Å²) in [7, 11) is 0. The summed E-state index contributed by atoms with van der Waals surface area (Å²) in [4.78, 5) is 94.1. The third kappa shape index (κ3) is 12.0. The lowest BCUT2D eigenvalue weighted by molar-refractivity contribution is -0.144. The first-order valence-electron chi connectivity index (χ1n) is 19.8. The number of Topliss-reactive ketones (excluding diaryl/α,β-unsaturated/α-hetero) is 1. The number of aliphatic carboxylic acids is 1. The number of carbonyl (C=O) groups excluding carboxylic acids is 6. The standard InChI is InChI=1S/C40H59N5O9/c1-4-14-30(35(47)37(49)41-22-32(46)43-34(39(51)52)28-19-12-7-13-20-28)42-36(48)31-21-29(26-15-8-5-9-16-26)23-45(31)38(50)33(27-17-10-6-11-18-27)44-40(53)54-24-25(2)3/h5,8-9,15-16,25,27-31,33-34H,4,6-7,10-14,17-24H2,1-3H3,(H,41,49)(H,42,48)(H,43,46)(H,44,53)(H,51,52)/t29-,30?,31+,33+,34?/m1/s1. The minimum absolute atomic E-state index is 0.103. The molecule has 1 heterocycles. The number of alkyl carbamates (subject to hydrolysis) is 1. The van der Waals surface area contributed by atoms with E-state index in [1.807, 2.05) is 44.2 Å². The van der Waals surface area contributed by atoms with Gasteiger partial charge in [-0.2, -0.15) is 0 Å². The van der Waals surface area contributed by atoms with Gasteiger partial charge in [0.15, 0.2) is 0 Å². The zero-order valence-electron chi connectivity index (χ0n) is 32.0. The molecule has 14 nitrogen and oxygen atoms in total. The molecular formula is C40H59N5O9. The van der Waals surface area contributed by atoms with E-state index in [2.05, 4.69) is 21.3 Å². The Balaban J connectivity index is 1.47. The van der Waals surface area contributed by atoms with E-state index >= 15 is 0 Å². The number of amides is 5. The molecule has 0 radical (unpaired) electrons. The Bertz CT molecular complexity index is 1460. The van der Waals surface area contributed by atoms with Crippen LogP contribution in [0.1, 0.15) is 116 Å². The lowest BCUT2D eigenvalue weighted by atomic mass is 9.83. The quantitative estimate of drug-likeness (QED) is 0.147. The average molecular weight is 754 g/mol. The van der Waals surface area contributed by atoms with E-state index in [9.17, 15) is 38.7 Å². The Morgan fingerprint density at radius 2 is 1.44 bits per heavy atom. The summed E-state index contributed by atoms with van der Waals surface area (Å²) in [6.07, 6.45) is 8.63. The van der Waals surface area contributed by atoms with Crippen LogP contribution in [0.3, 0.4) is 0 Å². The molecule has 4 rings (SSSR count). The van der Waals surface area contributed by atoms with Crippen LogP contribution in [0.2, 0.25) is 0 Å². The second-order valence-electron chi connectivity index (χ2n) is 15.5. The fourth-order valence-corrected chi connectivity index (χ4v) is 8.04. The minimum Gasteiger partial charge on any atom is -0.480 e. The van der Waals surface area contributed by atoms with Crippen LogP contribution in [0, 0.1) is 17.8 Å². The molecular weight excluding hydrogens is 694 g/mol. The molecule has 2 saturated carbocycles. The van der Waals surface area contributed by atoms with E-state index in [0.29, 0.717) is 19.3 Å². The van der Waals surface area contributed by atoms with E-state index in [0.717, 1.165) is 56.9 Å². The molecule has 298 valence electrons. The van der Waals surface area contributed by atoms with Gasteiger partial charge in [-0.1, -0.05) is 96.0 Å². The Kier molecular flexibility index (Phi) is 16.3. The smallest absolute Gasteiger partial charge is 0.407 e. The van der Waals surface area contributed by atoms with Gasteiger partial charge in [-0.25, -0.2) is 9.59 Å². The number of likely N-dealkylation sites (tertiary alicyclic amines) is 1. The molecule has 1 aromatic carbocycles. The fourth-order valence-electron chi connectivity index (χ4n) is 8.04. The molecule has 0 aromatic heterocycles. The molecule has 1 aliphatic heterocycles. The van der Waals surface area contributed by atoms with E-state index in [4.69, 9.17) is 4.74 Å². The highest BCUT2D eigenvalue weighted by atomic mass is 16.5. The number of ether oxygens (including phenoxy) is 1. The first-order valence-corrected chi connectivity index (χ1v) is 19.8. The molecule has 1 saturated heterocycles. The number of rotatable bonds is 17. The summed E-state index contributed by atoms with van der Waals surface area (Å²) in [6, 6.07) is 5.32. The Hall–Kier alpha value is -4.49. The summed E-state index contributed by atoms with van der Waals surface area (Å²) >= 11 is 0. The summed E-state index contributed by atoms with van der Waals surface area (Å²) < 4.78 is 5.40. The topological polar surface area (TPSA) is 200 Å². The van der Waals surface area contributed by atoms with E-state index in [-0.39, 0.29) is 49.7 Å². The second-order valence-corrected chi connectivity index (χ2v) is 15.5. The molecule has 54 heavy (non-hydrogen) atoms. The highest BCUT2D eigenvalue weighted by Gasteiger charge is 2.45. The van der Waals surface area contributed by atoms with Gasteiger partial charge >= 0.3 is 12.1 Å². The van der Waals surface area contributed by atoms with Gasteiger partial charge in [0, 0.05) is 12.5 Å². The maximum atomic E-state index is 14.5. The van der Waals surface area contributed by atoms with E-state index in [1.54, 1.807) is 6.92 Å². The summed E-state index contributed by atoms with van der Waals surface area (Å²) in [6.45, 7) is 5.43. The van der Waals surface area contributed by atoms with Crippen LogP contribution in [-0.4, -0.2) is 95.3 Å². The molecule has 2 unspecified atom stereocenters. The van der Waals surface area contributed by atoms with Crippen molar-refractivity contribution in [2.24, 2.45) is 17.8 Å². The normalized spacial score (nSPS) is 21.0. The average Bonchev–Trinajstić information content (AvgIpc) is 3.63. The van der Waals surface area contributed by atoms with Crippen LogP contribution in [0.5, 0.6) is 0 Å². The van der Waals surface area contributed by atoms with Crippen molar-refractivity contribution in [2.45, 2.75) is 134 Å². The zero-order chi connectivity index (χ0) is 39.2. The maximum absolute atomic E-state index is 14.5. The molecule has 3 aliphatic rings. The lowest BCUT2D eigenvalue weighted by Gasteiger charge is -2.34. The van der Waals surface area contributed by atoms with Gasteiger partial charge in [-0.15, -0.1) is 0 Å². The van der Waals surface area contributed by atoms with Crippen molar-refractivity contribution >= 4 is 41.5 Å². The maximum Gasteiger partial charge on any atom is 0.407 e. The van der Waals surface area contributed by atoms with Gasteiger partial charge in [0.1, 0.15) is 18.1 Å². The van der Waals surface area contributed by atoms with Gasteiger partial charge in [-0.05, 0) is 61.8 Å². The molecule has 1 aromatic rings. The minimum atomic E-state index is -1.23. The van der Waals surface area contributed by atoms with Crippen molar-refractivity contribution < 1.29 is 43.4 Å². The highest BCUT2D eigenvalue weighted by Crippen LogP contribution is 2.35. The Labute approximate surface area is 318 Å². The number of carboxylic acids is 1. The number of hydrogen-bond donors (Lipinski definition) is 5. The summed E-state index contributed by atoms with van der Waals surface area (Å²) in [5, 5.41) is 20.1.